The van der Waals surface area contributed by atoms with Crippen molar-refractivity contribution in [1.29, 1.82) is 0 Å². The standard InChI is InChI=1S/C13H19NO/c1-10-6-4-5-7-12(10)15-11-8-13(2,3)14-9-11/h4-7,11,14H,8-9H2,1-3H3. The second-order valence-corrected chi connectivity index (χ2v) is 4.97. The van der Waals surface area contributed by atoms with Crippen molar-refractivity contribution in [3.05, 3.63) is 29.8 Å². The Balaban J connectivity index is 2.02. The molecular formula is C13H19NO. The van der Waals surface area contributed by atoms with E-state index in [1.807, 2.05) is 18.2 Å². The third-order valence-corrected chi connectivity index (χ3v) is 2.93. The van der Waals surface area contributed by atoms with E-state index in [0.29, 0.717) is 6.10 Å². The fourth-order valence-electron chi connectivity index (χ4n) is 2.06. The van der Waals surface area contributed by atoms with Gasteiger partial charge in [0.2, 0.25) is 0 Å². The molecule has 1 aliphatic heterocycles. The first-order valence-corrected chi connectivity index (χ1v) is 5.54. The quantitative estimate of drug-likeness (QED) is 0.801. The number of aryl methyl sites for hydroxylation is 1. The van der Waals surface area contributed by atoms with Gasteiger partial charge in [-0.05, 0) is 32.4 Å². The molecule has 0 aliphatic carbocycles. The molecule has 0 radical (unpaired) electrons. The van der Waals surface area contributed by atoms with Crippen LogP contribution in [0.3, 0.4) is 0 Å². The van der Waals surface area contributed by atoms with Crippen molar-refractivity contribution >= 4 is 0 Å². The van der Waals surface area contributed by atoms with Gasteiger partial charge in [-0.25, -0.2) is 0 Å². The molecule has 0 amide bonds. The number of rotatable bonds is 2. The highest BCUT2D eigenvalue weighted by atomic mass is 16.5. The maximum absolute atomic E-state index is 5.98. The lowest BCUT2D eigenvalue weighted by Gasteiger charge is -2.18. The number of nitrogens with one attached hydrogen (secondary N) is 1. The van der Waals surface area contributed by atoms with Gasteiger partial charge in [0.05, 0.1) is 0 Å². The molecule has 0 aromatic heterocycles. The minimum atomic E-state index is 0.216. The van der Waals surface area contributed by atoms with Crippen molar-refractivity contribution in [2.45, 2.75) is 38.8 Å². The fraction of sp³-hybridized carbons (Fsp3) is 0.538. The summed E-state index contributed by atoms with van der Waals surface area (Å²) < 4.78 is 5.98. The number of ether oxygens (including phenoxy) is 1. The van der Waals surface area contributed by atoms with Crippen molar-refractivity contribution in [3.63, 3.8) is 0 Å². The molecule has 1 N–H and O–H groups in total. The van der Waals surface area contributed by atoms with Gasteiger partial charge < -0.3 is 10.1 Å². The first-order valence-electron chi connectivity index (χ1n) is 5.54. The summed E-state index contributed by atoms with van der Waals surface area (Å²) in [5.41, 5.74) is 1.43. The molecule has 1 saturated heterocycles. The first-order chi connectivity index (χ1) is 7.07. The van der Waals surface area contributed by atoms with Gasteiger partial charge in [0.25, 0.3) is 0 Å². The third-order valence-electron chi connectivity index (χ3n) is 2.93. The Labute approximate surface area is 91.6 Å². The summed E-state index contributed by atoms with van der Waals surface area (Å²) in [6.45, 7) is 7.46. The summed E-state index contributed by atoms with van der Waals surface area (Å²) in [7, 11) is 0. The average Bonchev–Trinajstić information content (AvgIpc) is 2.50. The largest absolute Gasteiger partial charge is 0.489 e. The Morgan fingerprint density at radius 1 is 1.33 bits per heavy atom. The zero-order valence-corrected chi connectivity index (χ0v) is 9.71. The van der Waals surface area contributed by atoms with Crippen molar-refractivity contribution in [2.75, 3.05) is 6.54 Å². The smallest absolute Gasteiger partial charge is 0.122 e. The number of hydrogen-bond acceptors (Lipinski definition) is 2. The second kappa shape index (κ2) is 3.86. The molecule has 1 aliphatic rings. The molecule has 1 fully saturated rings. The molecule has 2 heteroatoms. The third kappa shape index (κ3) is 2.51. The van der Waals surface area contributed by atoms with Crippen LogP contribution in [0.5, 0.6) is 5.75 Å². The van der Waals surface area contributed by atoms with Crippen LogP contribution in [0.15, 0.2) is 24.3 Å². The van der Waals surface area contributed by atoms with Crippen LogP contribution < -0.4 is 10.1 Å². The van der Waals surface area contributed by atoms with E-state index in [2.05, 4.69) is 32.2 Å². The molecular weight excluding hydrogens is 186 g/mol. The van der Waals surface area contributed by atoms with Crippen LogP contribution in [0.25, 0.3) is 0 Å². The topological polar surface area (TPSA) is 21.3 Å². The zero-order chi connectivity index (χ0) is 10.9. The molecule has 15 heavy (non-hydrogen) atoms. The molecule has 1 heterocycles. The van der Waals surface area contributed by atoms with Crippen molar-refractivity contribution in [1.82, 2.24) is 5.32 Å². The molecule has 1 aromatic rings. The number of hydrogen-bond donors (Lipinski definition) is 1. The van der Waals surface area contributed by atoms with Crippen molar-refractivity contribution in [2.24, 2.45) is 0 Å². The summed E-state index contributed by atoms with van der Waals surface area (Å²) in [6.07, 6.45) is 1.38. The van der Waals surface area contributed by atoms with E-state index in [1.165, 1.54) is 5.56 Å². The first kappa shape index (κ1) is 10.5. The SMILES string of the molecule is Cc1ccccc1OC1CNC(C)(C)C1. The lowest BCUT2D eigenvalue weighted by atomic mass is 10.0. The van der Waals surface area contributed by atoms with E-state index in [9.17, 15) is 0 Å². The summed E-state index contributed by atoms with van der Waals surface area (Å²) in [5, 5.41) is 3.46. The van der Waals surface area contributed by atoms with Crippen molar-refractivity contribution < 1.29 is 4.74 Å². The lowest BCUT2D eigenvalue weighted by molar-refractivity contribution is 0.213. The Morgan fingerprint density at radius 3 is 2.67 bits per heavy atom. The molecule has 0 spiro atoms. The van der Waals surface area contributed by atoms with E-state index in [1.54, 1.807) is 0 Å². The predicted molar refractivity (Wildman–Crippen MR) is 62.3 cm³/mol. The Bertz CT molecular complexity index is 346. The minimum Gasteiger partial charge on any atom is -0.489 e. The maximum atomic E-state index is 5.98. The van der Waals surface area contributed by atoms with E-state index in [-0.39, 0.29) is 5.54 Å². The normalized spacial score (nSPS) is 24.1. The van der Waals surface area contributed by atoms with Crippen LogP contribution in [0.4, 0.5) is 0 Å². The van der Waals surface area contributed by atoms with Crippen LogP contribution in [-0.4, -0.2) is 18.2 Å². The summed E-state index contributed by atoms with van der Waals surface area (Å²) >= 11 is 0. The highest BCUT2D eigenvalue weighted by Crippen LogP contribution is 2.24. The fourth-order valence-corrected chi connectivity index (χ4v) is 2.06. The van der Waals surface area contributed by atoms with Crippen LogP contribution in [0.2, 0.25) is 0 Å². The Hall–Kier alpha value is -1.02. The van der Waals surface area contributed by atoms with Gasteiger partial charge in [0, 0.05) is 18.5 Å². The van der Waals surface area contributed by atoms with Gasteiger partial charge in [0.15, 0.2) is 0 Å². The maximum Gasteiger partial charge on any atom is 0.122 e. The molecule has 1 unspecified atom stereocenters. The lowest BCUT2D eigenvalue weighted by Crippen LogP contribution is -2.31. The summed E-state index contributed by atoms with van der Waals surface area (Å²) in [6, 6.07) is 8.19. The Morgan fingerprint density at radius 2 is 2.07 bits per heavy atom. The van der Waals surface area contributed by atoms with Gasteiger partial charge in [0.1, 0.15) is 11.9 Å². The Kier molecular flexibility index (Phi) is 2.70. The average molecular weight is 205 g/mol. The highest BCUT2D eigenvalue weighted by molar-refractivity contribution is 5.32. The molecule has 0 bridgehead atoms. The van der Waals surface area contributed by atoms with Crippen molar-refractivity contribution in [3.8, 4) is 5.75 Å². The summed E-state index contributed by atoms with van der Waals surface area (Å²) in [4.78, 5) is 0. The molecule has 0 saturated carbocycles. The molecule has 1 aromatic carbocycles. The van der Waals surface area contributed by atoms with Crippen LogP contribution in [0, 0.1) is 6.92 Å². The van der Waals surface area contributed by atoms with Gasteiger partial charge >= 0.3 is 0 Å². The number of benzene rings is 1. The van der Waals surface area contributed by atoms with Crippen LogP contribution in [0.1, 0.15) is 25.8 Å². The van der Waals surface area contributed by atoms with Gasteiger partial charge in [-0.15, -0.1) is 0 Å². The van der Waals surface area contributed by atoms with Crippen LogP contribution >= 0.6 is 0 Å². The predicted octanol–water partition coefficient (Wildman–Crippen LogP) is 2.51. The molecule has 82 valence electrons. The minimum absolute atomic E-state index is 0.216. The van der Waals surface area contributed by atoms with E-state index in [0.717, 1.165) is 18.7 Å². The van der Waals surface area contributed by atoms with E-state index in [4.69, 9.17) is 4.74 Å². The monoisotopic (exact) mass is 205 g/mol. The van der Waals surface area contributed by atoms with Gasteiger partial charge in [-0.1, -0.05) is 18.2 Å². The van der Waals surface area contributed by atoms with Gasteiger partial charge in [-0.3, -0.25) is 0 Å². The second-order valence-electron chi connectivity index (χ2n) is 4.97. The van der Waals surface area contributed by atoms with E-state index >= 15 is 0 Å². The zero-order valence-electron chi connectivity index (χ0n) is 9.71. The van der Waals surface area contributed by atoms with Crippen LogP contribution in [-0.2, 0) is 0 Å². The molecule has 1 atom stereocenters. The van der Waals surface area contributed by atoms with E-state index < -0.39 is 0 Å². The summed E-state index contributed by atoms with van der Waals surface area (Å²) in [5.74, 6) is 1.02. The molecule has 2 nitrogen and oxygen atoms in total. The molecule has 2 rings (SSSR count). The highest BCUT2D eigenvalue weighted by Gasteiger charge is 2.31. The van der Waals surface area contributed by atoms with Gasteiger partial charge in [-0.2, -0.15) is 0 Å². The number of para-hydroxylation sites is 1.